The lowest BCUT2D eigenvalue weighted by Crippen LogP contribution is -2.42. The van der Waals surface area contributed by atoms with Crippen LogP contribution in [0.2, 0.25) is 0 Å². The van der Waals surface area contributed by atoms with Gasteiger partial charge in [-0.2, -0.15) is 0 Å². The monoisotopic (exact) mass is 297 g/mol. The molecule has 19 heavy (non-hydrogen) atoms. The van der Waals surface area contributed by atoms with Crippen LogP contribution >= 0.6 is 0 Å². The van der Waals surface area contributed by atoms with Gasteiger partial charge < -0.3 is 14.9 Å². The highest BCUT2D eigenvalue weighted by molar-refractivity contribution is 7.89. The van der Waals surface area contributed by atoms with Crippen molar-refractivity contribution in [1.82, 2.24) is 4.72 Å². The number of carbonyl (C=O) groups is 2. The van der Waals surface area contributed by atoms with Crippen molar-refractivity contribution in [3.05, 3.63) is 0 Å². The number of sulfonamides is 1. The first kappa shape index (κ1) is 17.8. The van der Waals surface area contributed by atoms with Crippen molar-refractivity contribution in [3.63, 3.8) is 0 Å². The number of carboxylic acid groups (broad SMARTS) is 2. The lowest BCUT2D eigenvalue weighted by atomic mass is 10.1. The highest BCUT2D eigenvalue weighted by Crippen LogP contribution is 2.04. The van der Waals surface area contributed by atoms with Crippen LogP contribution in [-0.4, -0.2) is 56.1 Å². The Morgan fingerprint density at radius 2 is 1.89 bits per heavy atom. The average molecular weight is 297 g/mol. The molecule has 0 aliphatic rings. The first-order chi connectivity index (χ1) is 8.78. The van der Waals surface area contributed by atoms with E-state index in [1.54, 1.807) is 0 Å². The van der Waals surface area contributed by atoms with Crippen LogP contribution in [-0.2, 0) is 24.3 Å². The van der Waals surface area contributed by atoms with Gasteiger partial charge in [0.1, 0.15) is 6.04 Å². The van der Waals surface area contributed by atoms with Gasteiger partial charge in [-0.15, -0.1) is 0 Å². The van der Waals surface area contributed by atoms with Gasteiger partial charge >= 0.3 is 11.9 Å². The smallest absolute Gasteiger partial charge is 0.321 e. The number of carboxylic acids is 2. The Morgan fingerprint density at radius 1 is 1.26 bits per heavy atom. The summed E-state index contributed by atoms with van der Waals surface area (Å²) in [5.74, 6) is -2.60. The van der Waals surface area contributed by atoms with Crippen LogP contribution in [0, 0.1) is 0 Å². The van der Waals surface area contributed by atoms with Crippen LogP contribution in [0.1, 0.15) is 25.7 Å². The normalized spacial score (nSPS) is 13.1. The number of ether oxygens (including phenoxy) is 1. The van der Waals surface area contributed by atoms with Gasteiger partial charge in [0, 0.05) is 20.1 Å². The fourth-order valence-electron chi connectivity index (χ4n) is 1.36. The topological polar surface area (TPSA) is 130 Å². The zero-order valence-corrected chi connectivity index (χ0v) is 11.5. The molecule has 3 N–H and O–H groups in total. The number of nitrogens with one attached hydrogen (secondary N) is 1. The summed E-state index contributed by atoms with van der Waals surface area (Å²) in [5, 5.41) is 17.3. The van der Waals surface area contributed by atoms with Crippen molar-refractivity contribution in [2.45, 2.75) is 31.7 Å². The third kappa shape index (κ3) is 9.40. The van der Waals surface area contributed by atoms with Crippen molar-refractivity contribution in [3.8, 4) is 0 Å². The second-order valence-electron chi connectivity index (χ2n) is 3.96. The van der Waals surface area contributed by atoms with E-state index in [4.69, 9.17) is 14.9 Å². The summed E-state index contributed by atoms with van der Waals surface area (Å²) < 4.78 is 29.9. The zero-order chi connectivity index (χ0) is 14.9. The van der Waals surface area contributed by atoms with E-state index in [1.807, 2.05) is 4.72 Å². The van der Waals surface area contributed by atoms with Crippen molar-refractivity contribution in [1.29, 1.82) is 0 Å². The molecule has 0 unspecified atom stereocenters. The molecule has 0 rings (SSSR count). The van der Waals surface area contributed by atoms with Crippen molar-refractivity contribution in [2.75, 3.05) is 19.5 Å². The molecular weight excluding hydrogens is 278 g/mol. The second-order valence-corrected chi connectivity index (χ2v) is 5.83. The number of hydrogen-bond donors (Lipinski definition) is 3. The van der Waals surface area contributed by atoms with E-state index in [0.29, 0.717) is 0 Å². The number of aliphatic carboxylic acids is 2. The maximum atomic E-state index is 11.6. The summed E-state index contributed by atoms with van der Waals surface area (Å²) in [6, 6.07) is -1.30. The Kier molecular flexibility index (Phi) is 8.28. The van der Waals surface area contributed by atoms with Crippen LogP contribution < -0.4 is 4.72 Å². The predicted molar refractivity (Wildman–Crippen MR) is 66.3 cm³/mol. The third-order valence-corrected chi connectivity index (χ3v) is 3.73. The van der Waals surface area contributed by atoms with E-state index >= 15 is 0 Å². The summed E-state index contributed by atoms with van der Waals surface area (Å²) in [6.45, 7) is 0.262. The molecule has 112 valence electrons. The summed E-state index contributed by atoms with van der Waals surface area (Å²) in [4.78, 5) is 21.2. The van der Waals surface area contributed by atoms with Crippen molar-refractivity contribution >= 4 is 22.0 Å². The van der Waals surface area contributed by atoms with E-state index in [-0.39, 0.29) is 38.0 Å². The van der Waals surface area contributed by atoms with Crippen LogP contribution in [0.4, 0.5) is 0 Å². The lowest BCUT2D eigenvalue weighted by Gasteiger charge is -2.14. The molecule has 0 bridgehead atoms. The fraction of sp³-hybridized carbons (Fsp3) is 0.800. The predicted octanol–water partition coefficient (Wildman–Crippen LogP) is -0.350. The highest BCUT2D eigenvalue weighted by Gasteiger charge is 2.23. The lowest BCUT2D eigenvalue weighted by molar-refractivity contribution is -0.140. The third-order valence-electron chi connectivity index (χ3n) is 2.26. The minimum Gasteiger partial charge on any atom is -0.481 e. The van der Waals surface area contributed by atoms with E-state index in [2.05, 4.69) is 0 Å². The second kappa shape index (κ2) is 8.83. The molecule has 0 aromatic carbocycles. The van der Waals surface area contributed by atoms with Gasteiger partial charge in [0.25, 0.3) is 0 Å². The summed E-state index contributed by atoms with van der Waals surface area (Å²) in [5.41, 5.74) is 0. The van der Waals surface area contributed by atoms with Gasteiger partial charge in [-0.05, 0) is 19.3 Å². The summed E-state index contributed by atoms with van der Waals surface area (Å²) in [7, 11) is -2.27. The first-order valence-corrected chi connectivity index (χ1v) is 7.37. The van der Waals surface area contributed by atoms with Gasteiger partial charge in [-0.1, -0.05) is 0 Å². The van der Waals surface area contributed by atoms with Crippen LogP contribution in [0.15, 0.2) is 0 Å². The van der Waals surface area contributed by atoms with Crippen LogP contribution in [0.3, 0.4) is 0 Å². The average Bonchev–Trinajstić information content (AvgIpc) is 2.27. The van der Waals surface area contributed by atoms with Gasteiger partial charge in [-0.3, -0.25) is 9.59 Å². The van der Waals surface area contributed by atoms with Crippen LogP contribution in [0.5, 0.6) is 0 Å². The quantitative estimate of drug-likeness (QED) is 0.444. The van der Waals surface area contributed by atoms with E-state index < -0.39 is 28.0 Å². The standard InChI is InChI=1S/C10H19NO7S/c1-18-6-3-7-19(16,17)11-8(10(14)15)4-2-5-9(12)13/h8,11H,2-7H2,1H3,(H,12,13)(H,14,15)/t8-/m1/s1. The summed E-state index contributed by atoms with van der Waals surface area (Å²) >= 11 is 0. The van der Waals surface area contributed by atoms with E-state index in [0.717, 1.165) is 0 Å². The Hall–Kier alpha value is -1.19. The number of rotatable bonds is 11. The van der Waals surface area contributed by atoms with Crippen LogP contribution in [0.25, 0.3) is 0 Å². The van der Waals surface area contributed by atoms with Gasteiger partial charge in [0.2, 0.25) is 10.0 Å². The molecule has 0 saturated carbocycles. The van der Waals surface area contributed by atoms with E-state index in [1.165, 1.54) is 7.11 Å². The molecule has 0 saturated heterocycles. The van der Waals surface area contributed by atoms with E-state index in [9.17, 15) is 18.0 Å². The number of hydrogen-bond acceptors (Lipinski definition) is 5. The maximum Gasteiger partial charge on any atom is 0.321 e. The molecule has 0 aliphatic carbocycles. The Bertz CT molecular complexity index is 393. The van der Waals surface area contributed by atoms with Gasteiger partial charge in [-0.25, -0.2) is 13.1 Å². The molecule has 0 aromatic rings. The number of methoxy groups -OCH3 is 1. The molecule has 0 amide bonds. The molecule has 0 aromatic heterocycles. The largest absolute Gasteiger partial charge is 0.481 e. The Labute approximate surface area is 111 Å². The molecule has 0 fully saturated rings. The molecule has 0 heterocycles. The van der Waals surface area contributed by atoms with Gasteiger partial charge in [0.05, 0.1) is 5.75 Å². The van der Waals surface area contributed by atoms with Crippen molar-refractivity contribution < 1.29 is 33.0 Å². The maximum absolute atomic E-state index is 11.6. The molecule has 0 spiro atoms. The zero-order valence-electron chi connectivity index (χ0n) is 10.7. The van der Waals surface area contributed by atoms with Crippen molar-refractivity contribution in [2.24, 2.45) is 0 Å². The molecular formula is C10H19NO7S. The minimum atomic E-state index is -3.71. The van der Waals surface area contributed by atoms with Gasteiger partial charge in [0.15, 0.2) is 0 Å². The minimum absolute atomic E-state index is 0.0643. The molecule has 8 nitrogen and oxygen atoms in total. The molecule has 1 atom stereocenters. The Morgan fingerprint density at radius 3 is 2.37 bits per heavy atom. The first-order valence-electron chi connectivity index (χ1n) is 5.72. The summed E-state index contributed by atoms with van der Waals surface area (Å²) in [6.07, 6.45) is 0.0838. The highest BCUT2D eigenvalue weighted by atomic mass is 32.2. The Balaban J connectivity index is 4.32. The SMILES string of the molecule is COCCCS(=O)(=O)N[C@H](CCCC(=O)O)C(=O)O. The molecule has 0 aliphatic heterocycles. The fourth-order valence-corrected chi connectivity index (χ4v) is 2.63. The molecule has 9 heteroatoms. The molecule has 0 radical (unpaired) electrons.